The van der Waals surface area contributed by atoms with Crippen LogP contribution in [0.2, 0.25) is 0 Å². The van der Waals surface area contributed by atoms with E-state index in [4.69, 9.17) is 19.3 Å². The average Bonchev–Trinajstić information content (AvgIpc) is 2.90. The number of amides is 1. The van der Waals surface area contributed by atoms with E-state index >= 15 is 0 Å². The average molecular weight is 393 g/mol. The van der Waals surface area contributed by atoms with Crippen molar-refractivity contribution in [1.29, 1.82) is 0 Å². The number of carbonyl (C=O) groups is 1. The summed E-state index contributed by atoms with van der Waals surface area (Å²) < 4.78 is 17.1. The molecule has 2 N–H and O–H groups in total. The normalized spacial score (nSPS) is 17.3. The first kappa shape index (κ1) is 19.3. The molecular weight excluding hydrogens is 372 g/mol. The van der Waals surface area contributed by atoms with Crippen LogP contribution in [0, 0.1) is 13.8 Å². The lowest BCUT2D eigenvalue weighted by molar-refractivity contribution is -0.121. The number of halogens is 1. The van der Waals surface area contributed by atoms with Crippen LogP contribution in [0.3, 0.4) is 0 Å². The standard InChI is InChI=1S/C19H20N2O5.ClH/c1-10-7-16(23)26-19-13(10)3-4-14-17(19)18(11(2)25-14)21-5-6-24-12(9-21)8-15(20)22;/h3-4,7,12H,5-6,8-9H2,1-2H3,(H2,20,22);1H. The first-order valence-electron chi connectivity index (χ1n) is 8.55. The fourth-order valence-electron chi connectivity index (χ4n) is 3.72. The summed E-state index contributed by atoms with van der Waals surface area (Å²) in [6.07, 6.45) is -0.102. The molecule has 1 aliphatic rings. The number of morpholine rings is 1. The zero-order valence-corrected chi connectivity index (χ0v) is 15.9. The van der Waals surface area contributed by atoms with Gasteiger partial charge in [-0.25, -0.2) is 4.79 Å². The molecular formula is C19H21ClN2O5. The van der Waals surface area contributed by atoms with Crippen molar-refractivity contribution in [3.8, 4) is 0 Å². The number of hydrogen-bond acceptors (Lipinski definition) is 6. The Morgan fingerprint density at radius 1 is 1.30 bits per heavy atom. The summed E-state index contributed by atoms with van der Waals surface area (Å²) in [5.41, 5.74) is 7.84. The van der Waals surface area contributed by atoms with E-state index in [-0.39, 0.29) is 30.6 Å². The Hall–Kier alpha value is -2.51. The molecule has 0 aliphatic carbocycles. The number of primary amides is 1. The van der Waals surface area contributed by atoms with E-state index in [2.05, 4.69) is 4.90 Å². The van der Waals surface area contributed by atoms with E-state index in [1.54, 1.807) is 0 Å². The third kappa shape index (κ3) is 3.40. The minimum Gasteiger partial charge on any atom is -0.459 e. The Morgan fingerprint density at radius 2 is 2.07 bits per heavy atom. The van der Waals surface area contributed by atoms with Crippen molar-refractivity contribution in [3.63, 3.8) is 0 Å². The molecule has 1 unspecified atom stereocenters. The molecule has 144 valence electrons. The zero-order chi connectivity index (χ0) is 18.4. The van der Waals surface area contributed by atoms with Gasteiger partial charge in [-0.05, 0) is 31.5 Å². The van der Waals surface area contributed by atoms with Gasteiger partial charge in [-0.2, -0.15) is 0 Å². The number of anilines is 1. The molecule has 8 heteroatoms. The van der Waals surface area contributed by atoms with Crippen molar-refractivity contribution in [3.05, 3.63) is 39.9 Å². The Balaban J connectivity index is 0.00000210. The molecule has 0 spiro atoms. The van der Waals surface area contributed by atoms with E-state index in [0.717, 1.165) is 27.8 Å². The second-order valence-corrected chi connectivity index (χ2v) is 6.68. The van der Waals surface area contributed by atoms with Gasteiger partial charge in [-0.3, -0.25) is 4.79 Å². The molecule has 1 aromatic carbocycles. The van der Waals surface area contributed by atoms with Crippen LogP contribution in [0.1, 0.15) is 17.7 Å². The third-order valence-corrected chi connectivity index (χ3v) is 4.80. The lowest BCUT2D eigenvalue weighted by Crippen LogP contribution is -2.44. The number of nitrogens with zero attached hydrogens (tertiary/aromatic N) is 1. The number of carbonyl (C=O) groups excluding carboxylic acids is 1. The van der Waals surface area contributed by atoms with Crippen molar-refractivity contribution in [1.82, 2.24) is 0 Å². The van der Waals surface area contributed by atoms with Crippen molar-refractivity contribution in [2.75, 3.05) is 24.6 Å². The number of aryl methyl sites for hydroxylation is 2. The molecule has 3 aromatic rings. The molecule has 4 rings (SSSR count). The van der Waals surface area contributed by atoms with Gasteiger partial charge < -0.3 is 24.2 Å². The minimum absolute atomic E-state index is 0. The quantitative estimate of drug-likeness (QED) is 0.688. The van der Waals surface area contributed by atoms with Gasteiger partial charge in [0.2, 0.25) is 5.91 Å². The van der Waals surface area contributed by atoms with Crippen molar-refractivity contribution in [2.24, 2.45) is 5.73 Å². The number of fused-ring (bicyclic) bond motifs is 3. The predicted molar refractivity (Wildman–Crippen MR) is 105 cm³/mol. The van der Waals surface area contributed by atoms with Gasteiger partial charge in [-0.15, -0.1) is 12.4 Å². The molecule has 1 atom stereocenters. The summed E-state index contributed by atoms with van der Waals surface area (Å²) in [7, 11) is 0. The highest BCUT2D eigenvalue weighted by Gasteiger charge is 2.27. The predicted octanol–water partition coefficient (Wildman–Crippen LogP) is 2.66. The maximum Gasteiger partial charge on any atom is 0.336 e. The Labute approximate surface area is 161 Å². The summed E-state index contributed by atoms with van der Waals surface area (Å²) in [5.74, 6) is 0.342. The number of ether oxygens (including phenoxy) is 1. The lowest BCUT2D eigenvalue weighted by Gasteiger charge is -2.33. The zero-order valence-electron chi connectivity index (χ0n) is 15.1. The molecule has 0 saturated carbocycles. The van der Waals surface area contributed by atoms with Crippen LogP contribution in [-0.2, 0) is 9.53 Å². The summed E-state index contributed by atoms with van der Waals surface area (Å²) in [5, 5.41) is 1.65. The topological polar surface area (TPSA) is 98.9 Å². The van der Waals surface area contributed by atoms with Gasteiger partial charge in [0.25, 0.3) is 0 Å². The second-order valence-electron chi connectivity index (χ2n) is 6.68. The molecule has 7 nitrogen and oxygen atoms in total. The van der Waals surface area contributed by atoms with Crippen LogP contribution in [0.5, 0.6) is 0 Å². The number of nitrogens with two attached hydrogens (primary N) is 1. The fourth-order valence-corrected chi connectivity index (χ4v) is 3.72. The van der Waals surface area contributed by atoms with Gasteiger partial charge in [0.1, 0.15) is 11.3 Å². The smallest absolute Gasteiger partial charge is 0.336 e. The fraction of sp³-hybridized carbons (Fsp3) is 0.368. The van der Waals surface area contributed by atoms with Crippen LogP contribution in [0.25, 0.3) is 21.9 Å². The Bertz CT molecular complexity index is 1070. The number of hydrogen-bond donors (Lipinski definition) is 1. The van der Waals surface area contributed by atoms with Crippen LogP contribution in [-0.4, -0.2) is 31.7 Å². The number of benzene rings is 1. The van der Waals surface area contributed by atoms with Crippen LogP contribution in [0.15, 0.2) is 31.8 Å². The SMILES string of the molecule is Cc1oc2ccc3c(C)cc(=O)oc3c2c1N1CCOC(CC(N)=O)C1.Cl. The second kappa shape index (κ2) is 7.25. The summed E-state index contributed by atoms with van der Waals surface area (Å²) in [4.78, 5) is 25.3. The van der Waals surface area contributed by atoms with E-state index in [9.17, 15) is 9.59 Å². The van der Waals surface area contributed by atoms with E-state index in [1.165, 1.54) is 6.07 Å². The van der Waals surface area contributed by atoms with E-state index in [1.807, 2.05) is 26.0 Å². The van der Waals surface area contributed by atoms with Crippen LogP contribution in [0.4, 0.5) is 5.69 Å². The lowest BCUT2D eigenvalue weighted by atomic mass is 10.1. The molecule has 1 aliphatic heterocycles. The molecule has 1 fully saturated rings. The minimum atomic E-state index is -0.391. The molecule has 3 heterocycles. The summed E-state index contributed by atoms with van der Waals surface area (Å²) >= 11 is 0. The Kier molecular flexibility index (Phi) is 5.17. The van der Waals surface area contributed by atoms with Gasteiger partial charge in [0.05, 0.1) is 30.2 Å². The van der Waals surface area contributed by atoms with E-state index < -0.39 is 5.91 Å². The summed E-state index contributed by atoms with van der Waals surface area (Å²) in [6, 6.07) is 5.28. The highest BCUT2D eigenvalue weighted by Crippen LogP contribution is 2.39. The Morgan fingerprint density at radius 3 is 2.81 bits per heavy atom. The van der Waals surface area contributed by atoms with Gasteiger partial charge >= 0.3 is 5.63 Å². The molecule has 27 heavy (non-hydrogen) atoms. The highest BCUT2D eigenvalue weighted by atomic mass is 35.5. The third-order valence-electron chi connectivity index (χ3n) is 4.80. The summed E-state index contributed by atoms with van der Waals surface area (Å²) in [6.45, 7) is 5.42. The van der Waals surface area contributed by atoms with Crippen molar-refractivity contribution >= 4 is 45.9 Å². The van der Waals surface area contributed by atoms with Gasteiger partial charge in [0.15, 0.2) is 5.58 Å². The molecule has 2 aromatic heterocycles. The molecule has 0 radical (unpaired) electrons. The first-order chi connectivity index (χ1) is 12.4. The van der Waals surface area contributed by atoms with Crippen LogP contribution < -0.4 is 16.3 Å². The highest BCUT2D eigenvalue weighted by molar-refractivity contribution is 6.10. The van der Waals surface area contributed by atoms with Gasteiger partial charge in [-0.1, -0.05) is 0 Å². The number of furan rings is 1. The number of rotatable bonds is 3. The first-order valence-corrected chi connectivity index (χ1v) is 8.55. The van der Waals surface area contributed by atoms with Crippen LogP contribution >= 0.6 is 12.4 Å². The maximum atomic E-state index is 11.9. The molecule has 0 bridgehead atoms. The maximum absolute atomic E-state index is 11.9. The molecule has 1 saturated heterocycles. The van der Waals surface area contributed by atoms with Gasteiger partial charge in [0, 0.05) is 24.5 Å². The monoisotopic (exact) mass is 392 g/mol. The van der Waals surface area contributed by atoms with Crippen molar-refractivity contribution < 1.29 is 18.4 Å². The largest absolute Gasteiger partial charge is 0.459 e. The van der Waals surface area contributed by atoms with E-state index in [0.29, 0.717) is 30.9 Å². The molecule has 1 amide bonds. The van der Waals surface area contributed by atoms with Crippen molar-refractivity contribution in [2.45, 2.75) is 26.4 Å².